The van der Waals surface area contributed by atoms with Gasteiger partial charge in [0.05, 0.1) is 29.9 Å². The highest BCUT2D eigenvalue weighted by Gasteiger charge is 2.22. The number of rotatable bonds is 11. The first-order valence-electron chi connectivity index (χ1n) is 15.9. The molecule has 240 valence electrons. The molecular formula is C39H39ClN4O3. The maximum Gasteiger partial charge on any atom is 0.335 e. The summed E-state index contributed by atoms with van der Waals surface area (Å²) in [4.78, 5) is 16.1. The molecular weight excluding hydrogens is 608 g/mol. The standard InChI is InChI=1S/C39H39ClN4O3/c1-24-18-32(19-25(2)37(24)40)47-17-9-15-33-27(4)43(22-29-10-6-12-31(20-29)39(45)46)38-34(33)13-7-14-35(38)36-26(3)42-44(28(36)5)23-30-11-8-16-41-21-30/h6-8,10-14,16,18-21H,9,15,17,22-23H2,1-5H3,(H,45,46). The summed E-state index contributed by atoms with van der Waals surface area (Å²) >= 11 is 6.37. The molecule has 0 radical (unpaired) electrons. The van der Waals surface area contributed by atoms with Gasteiger partial charge in [-0.3, -0.25) is 9.67 Å². The number of aryl methyl sites for hydroxylation is 4. The number of ether oxygens (including phenoxy) is 1. The van der Waals surface area contributed by atoms with E-state index in [0.717, 1.165) is 79.6 Å². The van der Waals surface area contributed by atoms with Crippen LogP contribution in [0.15, 0.2) is 79.1 Å². The highest BCUT2D eigenvalue weighted by molar-refractivity contribution is 6.32. The molecule has 0 aliphatic carbocycles. The van der Waals surface area contributed by atoms with Crippen molar-refractivity contribution < 1.29 is 14.6 Å². The van der Waals surface area contributed by atoms with Crippen molar-refractivity contribution in [2.24, 2.45) is 0 Å². The number of pyridine rings is 1. The minimum atomic E-state index is -0.930. The highest BCUT2D eigenvalue weighted by Crippen LogP contribution is 2.38. The van der Waals surface area contributed by atoms with E-state index in [1.807, 2.05) is 50.4 Å². The molecule has 47 heavy (non-hydrogen) atoms. The van der Waals surface area contributed by atoms with Crippen molar-refractivity contribution in [1.29, 1.82) is 0 Å². The zero-order chi connectivity index (χ0) is 33.2. The first-order chi connectivity index (χ1) is 22.6. The lowest BCUT2D eigenvalue weighted by Crippen LogP contribution is -2.06. The molecule has 6 rings (SSSR count). The highest BCUT2D eigenvalue weighted by atomic mass is 35.5. The summed E-state index contributed by atoms with van der Waals surface area (Å²) in [6.07, 6.45) is 5.32. The van der Waals surface area contributed by atoms with Crippen LogP contribution in [-0.2, 0) is 19.5 Å². The van der Waals surface area contributed by atoms with Gasteiger partial charge in [-0.05, 0) is 106 Å². The second-order valence-electron chi connectivity index (χ2n) is 12.2. The van der Waals surface area contributed by atoms with Crippen LogP contribution >= 0.6 is 11.6 Å². The summed E-state index contributed by atoms with van der Waals surface area (Å²) in [7, 11) is 0. The van der Waals surface area contributed by atoms with E-state index in [1.165, 1.54) is 10.9 Å². The minimum Gasteiger partial charge on any atom is -0.494 e. The lowest BCUT2D eigenvalue weighted by Gasteiger charge is -2.13. The quantitative estimate of drug-likeness (QED) is 0.142. The van der Waals surface area contributed by atoms with E-state index in [9.17, 15) is 9.90 Å². The van der Waals surface area contributed by atoms with Crippen LogP contribution < -0.4 is 4.74 Å². The smallest absolute Gasteiger partial charge is 0.335 e. The predicted molar refractivity (Wildman–Crippen MR) is 188 cm³/mol. The van der Waals surface area contributed by atoms with Gasteiger partial charge in [0.25, 0.3) is 0 Å². The Morgan fingerprint density at radius 2 is 1.64 bits per heavy atom. The monoisotopic (exact) mass is 646 g/mol. The van der Waals surface area contributed by atoms with Crippen LogP contribution in [0.4, 0.5) is 0 Å². The fourth-order valence-corrected chi connectivity index (χ4v) is 6.75. The molecule has 0 aliphatic rings. The number of nitrogens with zero attached hydrogens (tertiary/aromatic N) is 4. The molecule has 3 aromatic heterocycles. The van der Waals surface area contributed by atoms with E-state index in [1.54, 1.807) is 18.3 Å². The molecule has 0 bridgehead atoms. The molecule has 6 aromatic rings. The van der Waals surface area contributed by atoms with Crippen molar-refractivity contribution in [2.75, 3.05) is 6.61 Å². The summed E-state index contributed by atoms with van der Waals surface area (Å²) in [5.41, 5.74) is 12.1. The van der Waals surface area contributed by atoms with Crippen LogP contribution in [0.3, 0.4) is 0 Å². The Balaban J connectivity index is 1.40. The van der Waals surface area contributed by atoms with Crippen LogP contribution in [0.2, 0.25) is 5.02 Å². The SMILES string of the molecule is Cc1cc(OCCCc2c(C)n(Cc3cccc(C(=O)O)c3)c3c(-c4c(C)nn(Cc5cccnc5)c4C)cccc23)cc(C)c1Cl. The van der Waals surface area contributed by atoms with Gasteiger partial charge in [0.2, 0.25) is 0 Å². The third-order valence-electron chi connectivity index (χ3n) is 8.94. The van der Waals surface area contributed by atoms with Gasteiger partial charge in [-0.15, -0.1) is 0 Å². The van der Waals surface area contributed by atoms with Crippen molar-refractivity contribution in [3.63, 3.8) is 0 Å². The maximum absolute atomic E-state index is 11.8. The van der Waals surface area contributed by atoms with Gasteiger partial charge in [0, 0.05) is 51.9 Å². The maximum atomic E-state index is 11.8. The number of para-hydroxylation sites is 1. The van der Waals surface area contributed by atoms with E-state index >= 15 is 0 Å². The summed E-state index contributed by atoms with van der Waals surface area (Å²) in [6.45, 7) is 12.1. The summed E-state index contributed by atoms with van der Waals surface area (Å²) in [5, 5.41) is 16.6. The Kier molecular flexibility index (Phi) is 9.19. The number of carbonyl (C=O) groups is 1. The molecule has 3 heterocycles. The molecule has 1 N–H and O–H groups in total. The molecule has 0 fully saturated rings. The Bertz CT molecular complexity index is 2070. The largest absolute Gasteiger partial charge is 0.494 e. The first-order valence-corrected chi connectivity index (χ1v) is 16.3. The van der Waals surface area contributed by atoms with Crippen LogP contribution in [0.1, 0.15) is 61.7 Å². The van der Waals surface area contributed by atoms with Crippen LogP contribution in [0, 0.1) is 34.6 Å². The lowest BCUT2D eigenvalue weighted by molar-refractivity contribution is 0.0696. The molecule has 0 saturated carbocycles. The number of benzene rings is 3. The first kappa shape index (κ1) is 32.1. The third-order valence-corrected chi connectivity index (χ3v) is 9.54. The zero-order valence-electron chi connectivity index (χ0n) is 27.5. The number of hydrogen-bond acceptors (Lipinski definition) is 4. The Labute approximate surface area is 280 Å². The van der Waals surface area contributed by atoms with Crippen molar-refractivity contribution in [3.8, 4) is 16.9 Å². The Morgan fingerprint density at radius 3 is 2.36 bits per heavy atom. The van der Waals surface area contributed by atoms with Crippen molar-refractivity contribution in [1.82, 2.24) is 19.3 Å². The second-order valence-corrected chi connectivity index (χ2v) is 12.6. The molecule has 0 saturated heterocycles. The fourth-order valence-electron chi connectivity index (χ4n) is 6.64. The van der Waals surface area contributed by atoms with E-state index in [0.29, 0.717) is 19.7 Å². The fraction of sp³-hybridized carbons (Fsp3) is 0.256. The number of carboxylic acids is 1. The average molecular weight is 647 g/mol. The summed E-state index contributed by atoms with van der Waals surface area (Å²) in [5.74, 6) is -0.0981. The molecule has 0 amide bonds. The summed E-state index contributed by atoms with van der Waals surface area (Å²) in [6, 6.07) is 21.7. The normalized spacial score (nSPS) is 11.4. The van der Waals surface area contributed by atoms with Gasteiger partial charge >= 0.3 is 5.97 Å². The summed E-state index contributed by atoms with van der Waals surface area (Å²) < 4.78 is 10.6. The van der Waals surface area contributed by atoms with E-state index in [2.05, 4.69) is 59.3 Å². The third kappa shape index (κ3) is 6.54. The second kappa shape index (κ2) is 13.5. The number of aromatic carboxylic acids is 1. The molecule has 0 spiro atoms. The van der Waals surface area contributed by atoms with E-state index in [4.69, 9.17) is 21.4 Å². The molecule has 0 atom stereocenters. The molecule has 3 aromatic carbocycles. The number of carboxylic acid groups (broad SMARTS) is 1. The van der Waals surface area contributed by atoms with Gasteiger partial charge < -0.3 is 14.4 Å². The lowest BCUT2D eigenvalue weighted by atomic mass is 9.98. The number of aromatic nitrogens is 4. The van der Waals surface area contributed by atoms with Crippen LogP contribution in [-0.4, -0.2) is 37.0 Å². The Hall–Kier alpha value is -4.88. The zero-order valence-corrected chi connectivity index (χ0v) is 28.2. The Morgan fingerprint density at radius 1 is 0.894 bits per heavy atom. The topological polar surface area (TPSA) is 82.2 Å². The van der Waals surface area contributed by atoms with E-state index < -0.39 is 5.97 Å². The van der Waals surface area contributed by atoms with Gasteiger partial charge in [-0.25, -0.2) is 4.79 Å². The van der Waals surface area contributed by atoms with Gasteiger partial charge in [-0.1, -0.05) is 48.0 Å². The van der Waals surface area contributed by atoms with Crippen molar-refractivity contribution >= 4 is 28.5 Å². The van der Waals surface area contributed by atoms with Gasteiger partial charge in [0.1, 0.15) is 5.75 Å². The average Bonchev–Trinajstić information content (AvgIpc) is 3.48. The molecule has 0 unspecified atom stereocenters. The van der Waals surface area contributed by atoms with Crippen LogP contribution in [0.5, 0.6) is 5.75 Å². The molecule has 8 heteroatoms. The number of halogens is 1. The van der Waals surface area contributed by atoms with Crippen LogP contribution in [0.25, 0.3) is 22.0 Å². The van der Waals surface area contributed by atoms with Crippen molar-refractivity contribution in [2.45, 2.75) is 60.5 Å². The minimum absolute atomic E-state index is 0.283. The predicted octanol–water partition coefficient (Wildman–Crippen LogP) is 8.90. The van der Waals surface area contributed by atoms with Gasteiger partial charge in [-0.2, -0.15) is 5.10 Å². The van der Waals surface area contributed by atoms with Gasteiger partial charge in [0.15, 0.2) is 0 Å². The number of hydrogen-bond donors (Lipinski definition) is 1. The van der Waals surface area contributed by atoms with E-state index in [-0.39, 0.29) is 5.56 Å². The number of fused-ring (bicyclic) bond motifs is 1. The molecule has 0 aliphatic heterocycles. The molecule has 7 nitrogen and oxygen atoms in total. The van der Waals surface area contributed by atoms with Crippen molar-refractivity contribution in [3.05, 3.63) is 135 Å².